The van der Waals surface area contributed by atoms with Gasteiger partial charge in [0.25, 0.3) is 0 Å². The van der Waals surface area contributed by atoms with E-state index in [1.807, 2.05) is 0 Å². The van der Waals surface area contributed by atoms with Crippen molar-refractivity contribution in [2.24, 2.45) is 0 Å². The number of hydrogen-bond acceptors (Lipinski definition) is 10. The van der Waals surface area contributed by atoms with Crippen LogP contribution in [0.1, 0.15) is 0 Å². The number of aldehydes is 1. The summed E-state index contributed by atoms with van der Waals surface area (Å²) in [7, 11) is 0. The highest BCUT2D eigenvalue weighted by Crippen LogP contribution is 1.98. The van der Waals surface area contributed by atoms with E-state index in [4.69, 9.17) is 46.0 Å². The van der Waals surface area contributed by atoms with E-state index < -0.39 is 56.4 Å². The van der Waals surface area contributed by atoms with Crippen molar-refractivity contribution in [3.63, 3.8) is 0 Å². The van der Waals surface area contributed by atoms with E-state index in [1.165, 1.54) is 0 Å². The fourth-order valence-electron chi connectivity index (χ4n) is 0.889. The molecule has 20 heavy (non-hydrogen) atoms. The lowest BCUT2D eigenvalue weighted by molar-refractivity contribution is -0.127. The molecule has 10 nitrogen and oxygen atoms in total. The average molecular weight is 302 g/mol. The summed E-state index contributed by atoms with van der Waals surface area (Å²) in [5.41, 5.74) is 0. The minimum Gasteiger partial charge on any atom is -0.394 e. The molecule has 0 aromatic heterocycles. The molecule has 0 aliphatic carbocycles. The van der Waals surface area contributed by atoms with Crippen molar-refractivity contribution in [1.29, 1.82) is 0 Å². The lowest BCUT2D eigenvalue weighted by Crippen LogP contribution is -2.41. The largest absolute Gasteiger partial charge is 0.394 e. The van der Waals surface area contributed by atoms with Crippen molar-refractivity contribution >= 4 is 6.29 Å². The standard InChI is InChI=1S/C5H12O5.C5H10O5/c2*6-1-3(8)5(10)4(9)2-7/h3-10H,1-2H2;1,3-5,7-10H,2H2/t3-,4+,5?;3-,4+,5+/m.0/s1. The third kappa shape index (κ3) is 8.47. The highest BCUT2D eigenvalue weighted by Gasteiger charge is 2.23. The molecule has 0 aliphatic heterocycles. The fourth-order valence-corrected chi connectivity index (χ4v) is 0.889. The van der Waals surface area contributed by atoms with Crippen molar-refractivity contribution in [3.8, 4) is 0 Å². The molecule has 122 valence electrons. The third-order valence-electron chi connectivity index (χ3n) is 2.23. The molecular weight excluding hydrogens is 280 g/mol. The van der Waals surface area contributed by atoms with Crippen LogP contribution in [0.2, 0.25) is 0 Å². The molecule has 0 radical (unpaired) electrons. The van der Waals surface area contributed by atoms with Crippen molar-refractivity contribution in [2.75, 3.05) is 19.8 Å². The third-order valence-corrected chi connectivity index (χ3v) is 2.23. The number of aliphatic hydroxyl groups is 9. The van der Waals surface area contributed by atoms with Crippen LogP contribution in [0.4, 0.5) is 0 Å². The van der Waals surface area contributed by atoms with E-state index in [9.17, 15) is 4.79 Å². The van der Waals surface area contributed by atoms with Crippen LogP contribution in [0.3, 0.4) is 0 Å². The minimum atomic E-state index is -1.64. The van der Waals surface area contributed by atoms with Gasteiger partial charge in [0.1, 0.15) is 36.6 Å². The molecule has 0 fully saturated rings. The summed E-state index contributed by atoms with van der Waals surface area (Å²) in [4.78, 5) is 9.76. The Kier molecular flexibility index (Phi) is 13.1. The van der Waals surface area contributed by atoms with Gasteiger partial charge in [-0.2, -0.15) is 0 Å². The van der Waals surface area contributed by atoms with Gasteiger partial charge in [0, 0.05) is 0 Å². The Bertz CT molecular complexity index is 228. The van der Waals surface area contributed by atoms with Crippen LogP contribution in [0.15, 0.2) is 0 Å². The predicted octanol–water partition coefficient (Wildman–Crippen LogP) is -5.69. The first-order valence-corrected chi connectivity index (χ1v) is 5.62. The van der Waals surface area contributed by atoms with Crippen LogP contribution in [0.25, 0.3) is 0 Å². The highest BCUT2D eigenvalue weighted by molar-refractivity contribution is 5.56. The molecule has 0 heterocycles. The van der Waals surface area contributed by atoms with Crippen LogP contribution in [-0.2, 0) is 4.79 Å². The molecule has 0 aromatic carbocycles. The SMILES string of the molecule is O=C[C@H](O)[C@@H](O)[C@H](O)CO.OC[C@@H](O)C(O)[C@@H](O)CO. The molecule has 0 bridgehead atoms. The van der Waals surface area contributed by atoms with Gasteiger partial charge in [-0.05, 0) is 0 Å². The normalized spacial score (nSPS) is 19.9. The zero-order valence-corrected chi connectivity index (χ0v) is 10.6. The Balaban J connectivity index is 0. The molecule has 10 heteroatoms. The molecule has 0 aromatic rings. The van der Waals surface area contributed by atoms with Gasteiger partial charge in [0.2, 0.25) is 0 Å². The Hall–Kier alpha value is -0.690. The number of carbonyl (C=O) groups is 1. The van der Waals surface area contributed by atoms with Crippen molar-refractivity contribution < 1.29 is 50.8 Å². The maximum absolute atomic E-state index is 9.76. The number of hydrogen-bond donors (Lipinski definition) is 9. The van der Waals surface area contributed by atoms with Crippen LogP contribution < -0.4 is 0 Å². The quantitative estimate of drug-likeness (QED) is 0.195. The average Bonchev–Trinajstić information content (AvgIpc) is 2.50. The summed E-state index contributed by atoms with van der Waals surface area (Å²) in [6, 6.07) is 0. The zero-order chi connectivity index (χ0) is 16.3. The molecular formula is C10H22O10. The molecule has 1 unspecified atom stereocenters. The second-order valence-electron chi connectivity index (χ2n) is 3.86. The molecule has 0 spiro atoms. The molecule has 0 saturated carbocycles. The van der Waals surface area contributed by atoms with Crippen LogP contribution in [-0.4, -0.2) is 109 Å². The number of carbonyl (C=O) groups excluding carboxylic acids is 1. The van der Waals surface area contributed by atoms with Crippen molar-refractivity contribution in [3.05, 3.63) is 0 Å². The first-order valence-electron chi connectivity index (χ1n) is 5.62. The van der Waals surface area contributed by atoms with Crippen molar-refractivity contribution in [1.82, 2.24) is 0 Å². The van der Waals surface area contributed by atoms with E-state index in [0.717, 1.165) is 0 Å². The van der Waals surface area contributed by atoms with Gasteiger partial charge in [0.05, 0.1) is 19.8 Å². The summed E-state index contributed by atoms with van der Waals surface area (Å²) in [5, 5.41) is 76.6. The summed E-state index contributed by atoms with van der Waals surface area (Å²) in [5.74, 6) is 0. The van der Waals surface area contributed by atoms with E-state index in [-0.39, 0.29) is 6.29 Å². The summed E-state index contributed by atoms with van der Waals surface area (Å²) in [6.45, 7) is -1.97. The van der Waals surface area contributed by atoms with Gasteiger partial charge >= 0.3 is 0 Å². The molecule has 0 aliphatic rings. The maximum Gasteiger partial charge on any atom is 0.151 e. The molecule has 6 atom stereocenters. The second kappa shape index (κ2) is 12.1. The summed E-state index contributed by atoms with van der Waals surface area (Å²) < 4.78 is 0. The Labute approximate surface area is 114 Å². The molecule has 9 N–H and O–H groups in total. The van der Waals surface area contributed by atoms with Crippen LogP contribution >= 0.6 is 0 Å². The van der Waals surface area contributed by atoms with Gasteiger partial charge in [-0.25, -0.2) is 0 Å². The Morgan fingerprint density at radius 1 is 0.650 bits per heavy atom. The van der Waals surface area contributed by atoms with Crippen LogP contribution in [0, 0.1) is 0 Å². The van der Waals surface area contributed by atoms with Gasteiger partial charge in [-0.15, -0.1) is 0 Å². The topological polar surface area (TPSA) is 199 Å². The first kappa shape index (κ1) is 21.6. The predicted molar refractivity (Wildman–Crippen MR) is 63.4 cm³/mol. The van der Waals surface area contributed by atoms with Crippen molar-refractivity contribution in [2.45, 2.75) is 36.6 Å². The van der Waals surface area contributed by atoms with Crippen LogP contribution in [0.5, 0.6) is 0 Å². The minimum absolute atomic E-state index is 0.0869. The number of rotatable bonds is 8. The molecule has 0 saturated heterocycles. The summed E-state index contributed by atoms with van der Waals surface area (Å²) >= 11 is 0. The molecule has 0 rings (SSSR count). The lowest BCUT2D eigenvalue weighted by Gasteiger charge is -2.19. The fraction of sp³-hybridized carbons (Fsp3) is 0.900. The molecule has 0 amide bonds. The van der Waals surface area contributed by atoms with E-state index >= 15 is 0 Å². The second-order valence-corrected chi connectivity index (χ2v) is 3.86. The van der Waals surface area contributed by atoms with E-state index in [2.05, 4.69) is 0 Å². The van der Waals surface area contributed by atoms with E-state index in [0.29, 0.717) is 0 Å². The monoisotopic (exact) mass is 302 g/mol. The van der Waals surface area contributed by atoms with Gasteiger partial charge < -0.3 is 50.8 Å². The van der Waals surface area contributed by atoms with Gasteiger partial charge in [-0.3, -0.25) is 0 Å². The summed E-state index contributed by atoms with van der Waals surface area (Å²) in [6.07, 6.45) is -8.92. The number of aliphatic hydroxyl groups excluding tert-OH is 9. The van der Waals surface area contributed by atoms with Gasteiger partial charge in [0.15, 0.2) is 6.29 Å². The van der Waals surface area contributed by atoms with E-state index in [1.54, 1.807) is 0 Å². The smallest absolute Gasteiger partial charge is 0.151 e. The van der Waals surface area contributed by atoms with Gasteiger partial charge in [-0.1, -0.05) is 0 Å². The zero-order valence-electron chi connectivity index (χ0n) is 10.6. The Morgan fingerprint density at radius 2 is 0.950 bits per heavy atom. The first-order chi connectivity index (χ1) is 9.26. The maximum atomic E-state index is 9.76. The lowest BCUT2D eigenvalue weighted by atomic mass is 10.1. The Morgan fingerprint density at radius 3 is 1.20 bits per heavy atom. The highest BCUT2D eigenvalue weighted by atomic mass is 16.4.